The SMILES string of the molecule is CCCCCCCCCn1cc(C(O)CC)nn1. The topological polar surface area (TPSA) is 50.9 Å². The van der Waals surface area contributed by atoms with Crippen molar-refractivity contribution in [2.24, 2.45) is 0 Å². The van der Waals surface area contributed by atoms with E-state index in [0.717, 1.165) is 13.0 Å². The van der Waals surface area contributed by atoms with Crippen LogP contribution in [0.15, 0.2) is 6.20 Å². The molecule has 4 heteroatoms. The number of hydrogen-bond acceptors (Lipinski definition) is 3. The fourth-order valence-electron chi connectivity index (χ4n) is 2.02. The minimum Gasteiger partial charge on any atom is -0.387 e. The van der Waals surface area contributed by atoms with Crippen molar-refractivity contribution in [1.29, 1.82) is 0 Å². The highest BCUT2D eigenvalue weighted by Gasteiger charge is 2.08. The third-order valence-electron chi connectivity index (χ3n) is 3.28. The van der Waals surface area contributed by atoms with Gasteiger partial charge in [0.2, 0.25) is 0 Å². The van der Waals surface area contributed by atoms with Crippen molar-refractivity contribution in [3.63, 3.8) is 0 Å². The van der Waals surface area contributed by atoms with Crippen molar-refractivity contribution < 1.29 is 5.11 Å². The van der Waals surface area contributed by atoms with E-state index in [-0.39, 0.29) is 0 Å². The molecule has 0 bridgehead atoms. The van der Waals surface area contributed by atoms with Crippen molar-refractivity contribution in [3.8, 4) is 0 Å². The third-order valence-corrected chi connectivity index (χ3v) is 3.28. The first-order valence-electron chi connectivity index (χ1n) is 7.36. The number of unbranched alkanes of at least 4 members (excludes halogenated alkanes) is 6. The molecule has 0 aliphatic heterocycles. The molecule has 1 N–H and O–H groups in total. The lowest BCUT2D eigenvalue weighted by molar-refractivity contribution is 0.168. The molecule has 0 fully saturated rings. The van der Waals surface area contributed by atoms with E-state index >= 15 is 0 Å². The van der Waals surface area contributed by atoms with Gasteiger partial charge in [0.1, 0.15) is 5.69 Å². The van der Waals surface area contributed by atoms with E-state index in [9.17, 15) is 5.11 Å². The molecule has 1 aromatic rings. The van der Waals surface area contributed by atoms with Crippen LogP contribution in [0.2, 0.25) is 0 Å². The maximum absolute atomic E-state index is 9.62. The summed E-state index contributed by atoms with van der Waals surface area (Å²) in [7, 11) is 0. The lowest BCUT2D eigenvalue weighted by atomic mass is 10.1. The van der Waals surface area contributed by atoms with Crippen LogP contribution in [0.1, 0.15) is 77.0 Å². The van der Waals surface area contributed by atoms with Gasteiger partial charge in [-0.2, -0.15) is 0 Å². The molecular formula is C14H27N3O. The van der Waals surface area contributed by atoms with Crippen molar-refractivity contribution in [3.05, 3.63) is 11.9 Å². The molecule has 1 rings (SSSR count). The number of aliphatic hydroxyl groups is 1. The van der Waals surface area contributed by atoms with E-state index in [0.29, 0.717) is 12.1 Å². The van der Waals surface area contributed by atoms with E-state index < -0.39 is 6.10 Å². The van der Waals surface area contributed by atoms with Crippen LogP contribution in [-0.2, 0) is 6.54 Å². The molecule has 4 nitrogen and oxygen atoms in total. The Morgan fingerprint density at radius 2 is 1.78 bits per heavy atom. The summed E-state index contributed by atoms with van der Waals surface area (Å²) in [4.78, 5) is 0. The first-order chi connectivity index (χ1) is 8.77. The highest BCUT2D eigenvalue weighted by Crippen LogP contribution is 2.12. The Morgan fingerprint density at radius 3 is 2.44 bits per heavy atom. The van der Waals surface area contributed by atoms with Crippen LogP contribution in [0, 0.1) is 0 Å². The van der Waals surface area contributed by atoms with Crippen LogP contribution < -0.4 is 0 Å². The largest absolute Gasteiger partial charge is 0.387 e. The molecule has 18 heavy (non-hydrogen) atoms. The van der Waals surface area contributed by atoms with E-state index in [1.807, 2.05) is 17.8 Å². The number of aliphatic hydroxyl groups excluding tert-OH is 1. The van der Waals surface area contributed by atoms with Gasteiger partial charge in [-0.25, -0.2) is 0 Å². The molecule has 0 saturated carbocycles. The Hall–Kier alpha value is -0.900. The molecule has 0 radical (unpaired) electrons. The zero-order valence-electron chi connectivity index (χ0n) is 11.8. The summed E-state index contributed by atoms with van der Waals surface area (Å²) in [6.45, 7) is 5.10. The van der Waals surface area contributed by atoms with Crippen LogP contribution in [0.4, 0.5) is 0 Å². The molecule has 1 atom stereocenters. The molecule has 1 unspecified atom stereocenters. The van der Waals surface area contributed by atoms with Gasteiger partial charge in [-0.3, -0.25) is 4.68 Å². The number of hydrogen-bond donors (Lipinski definition) is 1. The van der Waals surface area contributed by atoms with Crippen LogP contribution in [0.3, 0.4) is 0 Å². The first kappa shape index (κ1) is 15.2. The molecule has 104 valence electrons. The predicted octanol–water partition coefficient (Wildman–Crippen LogP) is 3.47. The van der Waals surface area contributed by atoms with Crippen molar-refractivity contribution in [2.75, 3.05) is 0 Å². The van der Waals surface area contributed by atoms with E-state index in [1.54, 1.807) is 0 Å². The summed E-state index contributed by atoms with van der Waals surface area (Å²) >= 11 is 0. The number of nitrogens with zero attached hydrogens (tertiary/aromatic N) is 3. The zero-order valence-corrected chi connectivity index (χ0v) is 11.8. The fraction of sp³-hybridized carbons (Fsp3) is 0.857. The second kappa shape index (κ2) is 9.09. The van der Waals surface area contributed by atoms with Gasteiger partial charge >= 0.3 is 0 Å². The summed E-state index contributed by atoms with van der Waals surface area (Å²) in [5, 5.41) is 17.6. The summed E-state index contributed by atoms with van der Waals surface area (Å²) in [5.74, 6) is 0. The van der Waals surface area contributed by atoms with Crippen molar-refractivity contribution in [1.82, 2.24) is 15.0 Å². The Labute approximate surface area is 110 Å². The van der Waals surface area contributed by atoms with E-state index in [1.165, 1.54) is 38.5 Å². The lowest BCUT2D eigenvalue weighted by Crippen LogP contribution is -1.98. The summed E-state index contributed by atoms with van der Waals surface area (Å²) in [6, 6.07) is 0. The Balaban J connectivity index is 2.10. The van der Waals surface area contributed by atoms with Crippen LogP contribution in [0.5, 0.6) is 0 Å². The molecule has 0 amide bonds. The number of aromatic nitrogens is 3. The van der Waals surface area contributed by atoms with Gasteiger partial charge in [0.25, 0.3) is 0 Å². The molecule has 0 saturated heterocycles. The number of rotatable bonds is 10. The molecule has 0 aromatic carbocycles. The van der Waals surface area contributed by atoms with Gasteiger partial charge in [-0.15, -0.1) is 5.10 Å². The maximum atomic E-state index is 9.62. The normalized spacial score (nSPS) is 12.8. The molecular weight excluding hydrogens is 226 g/mol. The van der Waals surface area contributed by atoms with Crippen LogP contribution in [0.25, 0.3) is 0 Å². The molecule has 1 aromatic heterocycles. The monoisotopic (exact) mass is 253 g/mol. The molecule has 1 heterocycles. The third kappa shape index (κ3) is 5.63. The van der Waals surface area contributed by atoms with Gasteiger partial charge in [0.15, 0.2) is 0 Å². The van der Waals surface area contributed by atoms with Gasteiger partial charge in [0.05, 0.1) is 12.3 Å². The van der Waals surface area contributed by atoms with Crippen molar-refractivity contribution >= 4 is 0 Å². The predicted molar refractivity (Wildman–Crippen MR) is 73.3 cm³/mol. The van der Waals surface area contributed by atoms with E-state index in [4.69, 9.17) is 0 Å². The van der Waals surface area contributed by atoms with Gasteiger partial charge in [0, 0.05) is 6.54 Å². The van der Waals surface area contributed by atoms with Gasteiger partial charge < -0.3 is 5.11 Å². The lowest BCUT2D eigenvalue weighted by Gasteiger charge is -2.02. The van der Waals surface area contributed by atoms with Crippen LogP contribution >= 0.6 is 0 Å². The average Bonchev–Trinajstić information content (AvgIpc) is 2.85. The quantitative estimate of drug-likeness (QED) is 0.649. The van der Waals surface area contributed by atoms with Gasteiger partial charge in [-0.05, 0) is 12.8 Å². The fourth-order valence-corrected chi connectivity index (χ4v) is 2.02. The zero-order chi connectivity index (χ0) is 13.2. The highest BCUT2D eigenvalue weighted by atomic mass is 16.3. The number of aryl methyl sites for hydroxylation is 1. The average molecular weight is 253 g/mol. The summed E-state index contributed by atoms with van der Waals surface area (Å²) < 4.78 is 1.85. The molecule has 0 aliphatic carbocycles. The summed E-state index contributed by atoms with van der Waals surface area (Å²) in [5.41, 5.74) is 0.695. The summed E-state index contributed by atoms with van der Waals surface area (Å²) in [6.07, 6.45) is 11.2. The maximum Gasteiger partial charge on any atom is 0.111 e. The second-order valence-electron chi connectivity index (χ2n) is 4.95. The first-order valence-corrected chi connectivity index (χ1v) is 7.36. The molecule has 0 spiro atoms. The van der Waals surface area contributed by atoms with E-state index in [2.05, 4.69) is 17.2 Å². The minimum atomic E-state index is -0.465. The smallest absolute Gasteiger partial charge is 0.111 e. The minimum absolute atomic E-state index is 0.465. The Kier molecular flexibility index (Phi) is 7.65. The second-order valence-corrected chi connectivity index (χ2v) is 4.95. The highest BCUT2D eigenvalue weighted by molar-refractivity contribution is 4.96. The standard InChI is InChI=1S/C14H27N3O/c1-3-5-6-7-8-9-10-11-17-12-13(15-16-17)14(18)4-2/h12,14,18H,3-11H2,1-2H3. The van der Waals surface area contributed by atoms with Crippen LogP contribution in [-0.4, -0.2) is 20.1 Å². The van der Waals surface area contributed by atoms with Crippen molar-refractivity contribution in [2.45, 2.75) is 77.9 Å². The Bertz CT molecular complexity index is 312. The molecule has 0 aliphatic rings. The Morgan fingerprint density at radius 1 is 1.11 bits per heavy atom. The van der Waals surface area contributed by atoms with Gasteiger partial charge in [-0.1, -0.05) is 57.6 Å².